The molecule has 154 valence electrons. The molecule has 30 heavy (non-hydrogen) atoms. The molecule has 2 aromatic carbocycles. The quantitative estimate of drug-likeness (QED) is 0.649. The largest absolute Gasteiger partial charge is 0.480 e. The van der Waals surface area contributed by atoms with Gasteiger partial charge in [0.05, 0.1) is 0 Å². The Morgan fingerprint density at radius 2 is 1.77 bits per heavy atom. The Kier molecular flexibility index (Phi) is 5.49. The van der Waals surface area contributed by atoms with Gasteiger partial charge < -0.3 is 5.11 Å². The van der Waals surface area contributed by atoms with Gasteiger partial charge in [-0.2, -0.15) is 0 Å². The van der Waals surface area contributed by atoms with Crippen molar-refractivity contribution in [2.24, 2.45) is 10.4 Å². The van der Waals surface area contributed by atoms with E-state index in [4.69, 9.17) is 0 Å². The van der Waals surface area contributed by atoms with Gasteiger partial charge in [-0.1, -0.05) is 66.2 Å². The molecule has 0 saturated heterocycles. The number of aliphatic imine (C=N–C) groups is 1. The van der Waals surface area contributed by atoms with Gasteiger partial charge in [-0.05, 0) is 53.5 Å². The van der Waals surface area contributed by atoms with Crippen molar-refractivity contribution in [1.29, 1.82) is 0 Å². The van der Waals surface area contributed by atoms with Crippen LogP contribution in [0.5, 0.6) is 0 Å². The highest BCUT2D eigenvalue weighted by Crippen LogP contribution is 2.46. The minimum absolute atomic E-state index is 0.110. The Morgan fingerprint density at radius 1 is 1.10 bits per heavy atom. The number of hydrogen-bond donors (Lipinski definition) is 1. The normalized spacial score (nSPS) is 20.0. The second-order valence-electron chi connectivity index (χ2n) is 8.84. The van der Waals surface area contributed by atoms with E-state index in [0.29, 0.717) is 6.42 Å². The molecule has 0 heterocycles. The lowest BCUT2D eigenvalue weighted by Crippen LogP contribution is -2.32. The minimum Gasteiger partial charge on any atom is -0.480 e. The van der Waals surface area contributed by atoms with Crippen LogP contribution in [0.15, 0.2) is 63.6 Å². The number of halogens is 1. The van der Waals surface area contributed by atoms with Crippen molar-refractivity contribution < 1.29 is 14.7 Å². The summed E-state index contributed by atoms with van der Waals surface area (Å²) in [6.45, 7) is 4.46. The van der Waals surface area contributed by atoms with Crippen LogP contribution in [0.2, 0.25) is 0 Å². The number of carbonyl (C=O) groups excluding carboxylic acids is 1. The van der Waals surface area contributed by atoms with Crippen LogP contribution in [0.25, 0.3) is 5.57 Å². The van der Waals surface area contributed by atoms with Gasteiger partial charge in [0.15, 0.2) is 6.04 Å². The van der Waals surface area contributed by atoms with Crippen LogP contribution in [0.1, 0.15) is 49.8 Å². The average Bonchev–Trinajstić information content (AvgIpc) is 2.71. The molecule has 0 radical (unpaired) electrons. The van der Waals surface area contributed by atoms with Crippen LogP contribution >= 0.6 is 15.9 Å². The lowest BCUT2D eigenvalue weighted by molar-refractivity contribution is -0.138. The standard InChI is InChI=1S/C25H24BrNO3/c1-25(2)12-11-19-20(14-25)17-5-3-4-6-18(17)22(23(19)28)27-21(24(29)30)13-15-7-9-16(26)10-8-15/h3-10,21H,11-14H2,1-2H3,(H,29,30). The molecular formula is C25H24BrNO3. The van der Waals surface area contributed by atoms with E-state index in [1.54, 1.807) is 0 Å². The molecule has 2 aromatic rings. The first kappa shape index (κ1) is 20.7. The summed E-state index contributed by atoms with van der Waals surface area (Å²) in [5.41, 5.74) is 4.98. The molecule has 0 aliphatic heterocycles. The van der Waals surface area contributed by atoms with Gasteiger partial charge in [0.25, 0.3) is 0 Å². The monoisotopic (exact) mass is 465 g/mol. The summed E-state index contributed by atoms with van der Waals surface area (Å²) in [4.78, 5) is 29.9. The number of hydrogen-bond acceptors (Lipinski definition) is 3. The van der Waals surface area contributed by atoms with Crippen LogP contribution in [0.3, 0.4) is 0 Å². The van der Waals surface area contributed by atoms with E-state index in [1.807, 2.05) is 48.5 Å². The Balaban J connectivity index is 1.77. The van der Waals surface area contributed by atoms with Crippen LogP contribution in [-0.4, -0.2) is 28.6 Å². The molecule has 2 aliphatic rings. The van der Waals surface area contributed by atoms with Gasteiger partial charge in [0, 0.05) is 22.0 Å². The number of carbonyl (C=O) groups is 2. The zero-order valence-corrected chi connectivity index (χ0v) is 18.7. The van der Waals surface area contributed by atoms with Gasteiger partial charge in [-0.3, -0.25) is 9.79 Å². The second-order valence-corrected chi connectivity index (χ2v) is 9.75. The minimum atomic E-state index is -1.03. The van der Waals surface area contributed by atoms with Crippen LogP contribution in [0, 0.1) is 5.41 Å². The number of rotatable bonds is 4. The fourth-order valence-corrected chi connectivity index (χ4v) is 4.59. The van der Waals surface area contributed by atoms with Crippen LogP contribution in [-0.2, 0) is 16.0 Å². The summed E-state index contributed by atoms with van der Waals surface area (Å²) in [5, 5.41) is 9.82. The predicted molar refractivity (Wildman–Crippen MR) is 122 cm³/mol. The lowest BCUT2D eigenvalue weighted by Gasteiger charge is -2.36. The molecule has 4 nitrogen and oxygen atoms in total. The first-order valence-corrected chi connectivity index (χ1v) is 11.0. The van der Waals surface area contributed by atoms with Crippen molar-refractivity contribution in [3.63, 3.8) is 0 Å². The van der Waals surface area contributed by atoms with Gasteiger partial charge in [0.2, 0.25) is 5.78 Å². The predicted octanol–water partition coefficient (Wildman–Crippen LogP) is 5.48. The summed E-state index contributed by atoms with van der Waals surface area (Å²) < 4.78 is 0.931. The molecule has 5 heteroatoms. The van der Waals surface area contributed by atoms with Gasteiger partial charge in [0.1, 0.15) is 5.71 Å². The van der Waals surface area contributed by atoms with E-state index in [0.717, 1.165) is 45.2 Å². The Morgan fingerprint density at radius 3 is 2.43 bits per heavy atom. The Hall–Kier alpha value is -2.53. The number of benzene rings is 2. The van der Waals surface area contributed by atoms with E-state index in [2.05, 4.69) is 34.8 Å². The average molecular weight is 466 g/mol. The number of Topliss-reactive ketones (excluding diaryl/α,β-unsaturated/α-hetero) is 1. The highest BCUT2D eigenvalue weighted by atomic mass is 79.9. The van der Waals surface area contributed by atoms with Crippen molar-refractivity contribution >= 4 is 39.0 Å². The number of carboxylic acids is 1. The summed E-state index contributed by atoms with van der Waals surface area (Å²) in [7, 11) is 0. The van der Waals surface area contributed by atoms with Crippen molar-refractivity contribution in [2.45, 2.75) is 45.6 Å². The third-order valence-electron chi connectivity index (χ3n) is 5.98. The topological polar surface area (TPSA) is 66.7 Å². The highest BCUT2D eigenvalue weighted by molar-refractivity contribution is 9.10. The first-order chi connectivity index (χ1) is 14.2. The molecule has 2 aliphatic carbocycles. The summed E-state index contributed by atoms with van der Waals surface area (Å²) >= 11 is 3.39. The molecular weight excluding hydrogens is 442 g/mol. The highest BCUT2D eigenvalue weighted by Gasteiger charge is 2.37. The van der Waals surface area contributed by atoms with Crippen molar-refractivity contribution in [3.8, 4) is 0 Å². The summed E-state index contributed by atoms with van der Waals surface area (Å²) in [6.07, 6.45) is 2.73. The maximum Gasteiger partial charge on any atom is 0.328 e. The number of aliphatic carboxylic acids is 1. The Bertz CT molecular complexity index is 1080. The fraction of sp³-hybridized carbons (Fsp3) is 0.320. The number of allylic oxidation sites excluding steroid dienone is 2. The third-order valence-corrected chi connectivity index (χ3v) is 6.51. The van der Waals surface area contributed by atoms with Gasteiger partial charge in [-0.15, -0.1) is 0 Å². The maximum absolute atomic E-state index is 13.4. The number of carboxylic acid groups (broad SMARTS) is 1. The molecule has 0 bridgehead atoms. The molecule has 1 atom stereocenters. The van der Waals surface area contributed by atoms with Gasteiger partial charge in [-0.25, -0.2) is 4.79 Å². The maximum atomic E-state index is 13.4. The smallest absolute Gasteiger partial charge is 0.328 e. The van der Waals surface area contributed by atoms with Crippen LogP contribution in [0.4, 0.5) is 0 Å². The SMILES string of the molecule is CC1(C)CCC2=C(C1)c1ccccc1C(=NC(Cc1ccc(Br)cc1)C(=O)O)C2=O. The third kappa shape index (κ3) is 4.04. The Labute approximate surface area is 184 Å². The molecule has 1 N–H and O–H groups in total. The number of nitrogens with zero attached hydrogens (tertiary/aromatic N) is 1. The lowest BCUT2D eigenvalue weighted by atomic mass is 9.68. The molecule has 1 unspecified atom stereocenters. The van der Waals surface area contributed by atoms with E-state index in [9.17, 15) is 14.7 Å². The van der Waals surface area contributed by atoms with E-state index in [-0.39, 0.29) is 23.3 Å². The van der Waals surface area contributed by atoms with E-state index < -0.39 is 12.0 Å². The molecule has 0 fully saturated rings. The molecule has 0 saturated carbocycles. The summed E-state index contributed by atoms with van der Waals surface area (Å²) in [5.74, 6) is -1.14. The van der Waals surface area contributed by atoms with Crippen molar-refractivity contribution in [3.05, 3.63) is 75.3 Å². The second kappa shape index (κ2) is 7.95. The molecule has 0 amide bonds. The number of ketones is 1. The van der Waals surface area contributed by atoms with E-state index in [1.165, 1.54) is 0 Å². The van der Waals surface area contributed by atoms with Gasteiger partial charge >= 0.3 is 5.97 Å². The van der Waals surface area contributed by atoms with Crippen molar-refractivity contribution in [1.82, 2.24) is 0 Å². The van der Waals surface area contributed by atoms with Crippen molar-refractivity contribution in [2.75, 3.05) is 0 Å². The zero-order chi connectivity index (χ0) is 21.5. The molecule has 0 spiro atoms. The fourth-order valence-electron chi connectivity index (χ4n) is 4.33. The zero-order valence-electron chi connectivity index (χ0n) is 17.1. The van der Waals surface area contributed by atoms with E-state index >= 15 is 0 Å². The molecule has 0 aromatic heterocycles. The number of fused-ring (bicyclic) bond motifs is 2. The van der Waals surface area contributed by atoms with Crippen LogP contribution < -0.4 is 0 Å². The molecule has 4 rings (SSSR count). The first-order valence-electron chi connectivity index (χ1n) is 10.2. The summed E-state index contributed by atoms with van der Waals surface area (Å²) in [6, 6.07) is 14.3.